The SMILES string of the molecule is CN1CCC(Cc2ccccc2)C1=O.COc1ccc(C)cc1. The average Bonchev–Trinajstić information content (AvgIpc) is 2.89. The van der Waals surface area contributed by atoms with Gasteiger partial charge in [-0.3, -0.25) is 4.79 Å². The second kappa shape index (κ2) is 8.37. The van der Waals surface area contributed by atoms with Gasteiger partial charge in [0, 0.05) is 19.5 Å². The molecular weight excluding hydrogens is 286 g/mol. The van der Waals surface area contributed by atoms with Gasteiger partial charge < -0.3 is 9.64 Å². The fourth-order valence-electron chi connectivity index (χ4n) is 2.66. The molecule has 1 atom stereocenters. The van der Waals surface area contributed by atoms with Gasteiger partial charge in [0.05, 0.1) is 7.11 Å². The number of methoxy groups -OCH3 is 1. The van der Waals surface area contributed by atoms with Crippen molar-refractivity contribution < 1.29 is 9.53 Å². The molecule has 0 N–H and O–H groups in total. The molecule has 1 unspecified atom stereocenters. The first kappa shape index (κ1) is 17.1. The lowest BCUT2D eigenvalue weighted by atomic mass is 9.98. The van der Waals surface area contributed by atoms with Crippen molar-refractivity contribution in [1.82, 2.24) is 4.90 Å². The fraction of sp³-hybridized carbons (Fsp3) is 0.350. The number of hydrogen-bond donors (Lipinski definition) is 0. The van der Waals surface area contributed by atoms with Gasteiger partial charge >= 0.3 is 0 Å². The number of carbonyl (C=O) groups is 1. The van der Waals surface area contributed by atoms with Crippen LogP contribution in [-0.2, 0) is 11.2 Å². The van der Waals surface area contributed by atoms with Crippen molar-refractivity contribution >= 4 is 5.91 Å². The Morgan fingerprint density at radius 3 is 2.26 bits per heavy atom. The van der Waals surface area contributed by atoms with Crippen molar-refractivity contribution in [3.8, 4) is 5.75 Å². The first-order chi connectivity index (χ1) is 11.1. The Bertz CT molecular complexity index is 607. The molecule has 2 aromatic rings. The largest absolute Gasteiger partial charge is 0.497 e. The van der Waals surface area contributed by atoms with Crippen molar-refractivity contribution in [2.45, 2.75) is 19.8 Å². The van der Waals surface area contributed by atoms with Crippen LogP contribution in [0.5, 0.6) is 5.75 Å². The summed E-state index contributed by atoms with van der Waals surface area (Å²) < 4.78 is 4.97. The molecule has 1 saturated heterocycles. The maximum absolute atomic E-state index is 11.6. The number of aryl methyl sites for hydroxylation is 1. The lowest BCUT2D eigenvalue weighted by molar-refractivity contribution is -0.129. The van der Waals surface area contributed by atoms with Crippen molar-refractivity contribution in [3.05, 3.63) is 65.7 Å². The molecule has 0 bridgehead atoms. The smallest absolute Gasteiger partial charge is 0.225 e. The summed E-state index contributed by atoms with van der Waals surface area (Å²) in [5, 5.41) is 0. The minimum Gasteiger partial charge on any atom is -0.497 e. The number of carbonyl (C=O) groups excluding carboxylic acids is 1. The van der Waals surface area contributed by atoms with Gasteiger partial charge in [-0.1, -0.05) is 48.0 Å². The van der Waals surface area contributed by atoms with Gasteiger partial charge in [-0.25, -0.2) is 0 Å². The summed E-state index contributed by atoms with van der Waals surface area (Å²) in [6.45, 7) is 2.97. The van der Waals surface area contributed by atoms with E-state index in [4.69, 9.17) is 4.74 Å². The number of benzene rings is 2. The standard InChI is InChI=1S/C12H15NO.C8H10O/c1-13-8-7-11(12(13)14)9-10-5-3-2-4-6-10;1-7-3-5-8(9-2)6-4-7/h2-6,11H,7-9H2,1H3;3-6H,1-2H3. The summed E-state index contributed by atoms with van der Waals surface area (Å²) in [5.74, 6) is 1.43. The Morgan fingerprint density at radius 2 is 1.74 bits per heavy atom. The molecule has 3 rings (SSSR count). The van der Waals surface area contributed by atoms with E-state index in [1.54, 1.807) is 7.11 Å². The quantitative estimate of drug-likeness (QED) is 0.865. The zero-order valence-electron chi connectivity index (χ0n) is 14.2. The van der Waals surface area contributed by atoms with Gasteiger partial charge in [0.2, 0.25) is 5.91 Å². The van der Waals surface area contributed by atoms with E-state index in [0.29, 0.717) is 5.91 Å². The Hall–Kier alpha value is -2.29. The topological polar surface area (TPSA) is 29.5 Å². The molecular formula is C20H25NO2. The van der Waals surface area contributed by atoms with Gasteiger partial charge in [0.25, 0.3) is 0 Å². The van der Waals surface area contributed by atoms with Gasteiger partial charge in [0.15, 0.2) is 0 Å². The fourth-order valence-corrected chi connectivity index (χ4v) is 2.66. The van der Waals surface area contributed by atoms with Gasteiger partial charge in [0.1, 0.15) is 5.75 Å². The minimum absolute atomic E-state index is 0.211. The Labute approximate surface area is 138 Å². The maximum atomic E-state index is 11.6. The molecule has 0 aromatic heterocycles. The highest BCUT2D eigenvalue weighted by Gasteiger charge is 2.28. The molecule has 0 aliphatic carbocycles. The number of rotatable bonds is 3. The Morgan fingerprint density at radius 1 is 1.09 bits per heavy atom. The first-order valence-corrected chi connectivity index (χ1v) is 7.99. The van der Waals surface area contributed by atoms with Crippen molar-refractivity contribution in [3.63, 3.8) is 0 Å². The van der Waals surface area contributed by atoms with Gasteiger partial charge in [-0.05, 0) is 37.5 Å². The highest BCUT2D eigenvalue weighted by molar-refractivity contribution is 5.80. The number of hydrogen-bond acceptors (Lipinski definition) is 2. The molecule has 1 aliphatic heterocycles. The van der Waals surface area contributed by atoms with Crippen LogP contribution < -0.4 is 4.74 Å². The molecule has 122 valence electrons. The summed E-state index contributed by atoms with van der Waals surface area (Å²) in [6, 6.07) is 18.2. The molecule has 0 radical (unpaired) electrons. The van der Waals surface area contributed by atoms with E-state index in [-0.39, 0.29) is 5.92 Å². The van der Waals surface area contributed by atoms with E-state index in [2.05, 4.69) is 19.1 Å². The second-order valence-corrected chi connectivity index (χ2v) is 5.95. The highest BCUT2D eigenvalue weighted by Crippen LogP contribution is 2.20. The van der Waals surface area contributed by atoms with Crippen LogP contribution in [-0.4, -0.2) is 31.5 Å². The van der Waals surface area contributed by atoms with Crippen LogP contribution in [0.2, 0.25) is 0 Å². The molecule has 3 nitrogen and oxygen atoms in total. The molecule has 1 amide bonds. The van der Waals surface area contributed by atoms with E-state index >= 15 is 0 Å². The van der Waals surface area contributed by atoms with Gasteiger partial charge in [-0.2, -0.15) is 0 Å². The zero-order valence-corrected chi connectivity index (χ0v) is 14.2. The summed E-state index contributed by atoms with van der Waals surface area (Å²) >= 11 is 0. The van der Waals surface area contributed by atoms with Crippen molar-refractivity contribution in [2.24, 2.45) is 5.92 Å². The average molecular weight is 311 g/mol. The van der Waals surface area contributed by atoms with E-state index in [0.717, 1.165) is 25.1 Å². The van der Waals surface area contributed by atoms with Crippen molar-refractivity contribution in [2.75, 3.05) is 20.7 Å². The van der Waals surface area contributed by atoms with Crippen LogP contribution in [0, 0.1) is 12.8 Å². The third kappa shape index (κ3) is 5.13. The number of ether oxygens (including phenoxy) is 1. The minimum atomic E-state index is 0.211. The second-order valence-electron chi connectivity index (χ2n) is 5.95. The third-order valence-corrected chi connectivity index (χ3v) is 4.12. The normalized spacial score (nSPS) is 16.7. The van der Waals surface area contributed by atoms with Crippen LogP contribution in [0.1, 0.15) is 17.5 Å². The van der Waals surface area contributed by atoms with Crippen LogP contribution in [0.25, 0.3) is 0 Å². The molecule has 3 heteroatoms. The maximum Gasteiger partial charge on any atom is 0.225 e. The van der Waals surface area contributed by atoms with Crippen molar-refractivity contribution in [1.29, 1.82) is 0 Å². The molecule has 2 aromatic carbocycles. The number of nitrogens with zero attached hydrogens (tertiary/aromatic N) is 1. The molecule has 1 fully saturated rings. The zero-order chi connectivity index (χ0) is 16.7. The first-order valence-electron chi connectivity index (χ1n) is 7.99. The monoisotopic (exact) mass is 311 g/mol. The molecule has 1 heterocycles. The van der Waals surface area contributed by atoms with Crippen LogP contribution in [0.15, 0.2) is 54.6 Å². The van der Waals surface area contributed by atoms with E-state index in [1.807, 2.05) is 54.4 Å². The predicted octanol–water partition coefficient (Wildman–Crippen LogP) is 3.71. The van der Waals surface area contributed by atoms with E-state index < -0.39 is 0 Å². The number of likely N-dealkylation sites (tertiary alicyclic amines) is 1. The van der Waals surface area contributed by atoms with Crippen LogP contribution >= 0.6 is 0 Å². The van der Waals surface area contributed by atoms with Crippen LogP contribution in [0.3, 0.4) is 0 Å². The molecule has 23 heavy (non-hydrogen) atoms. The lowest BCUT2D eigenvalue weighted by Gasteiger charge is -2.09. The summed E-state index contributed by atoms with van der Waals surface area (Å²) in [7, 11) is 3.55. The molecule has 1 aliphatic rings. The Balaban J connectivity index is 0.000000185. The summed E-state index contributed by atoms with van der Waals surface area (Å²) in [4.78, 5) is 13.5. The van der Waals surface area contributed by atoms with E-state index in [9.17, 15) is 4.79 Å². The van der Waals surface area contributed by atoms with Crippen LogP contribution in [0.4, 0.5) is 0 Å². The predicted molar refractivity (Wildman–Crippen MR) is 93.6 cm³/mol. The number of amides is 1. The summed E-state index contributed by atoms with van der Waals surface area (Å²) in [5.41, 5.74) is 2.52. The van der Waals surface area contributed by atoms with E-state index in [1.165, 1.54) is 11.1 Å². The third-order valence-electron chi connectivity index (χ3n) is 4.12. The van der Waals surface area contributed by atoms with Gasteiger partial charge in [-0.15, -0.1) is 0 Å². The Kier molecular flexibility index (Phi) is 6.21. The lowest BCUT2D eigenvalue weighted by Crippen LogP contribution is -2.23. The summed E-state index contributed by atoms with van der Waals surface area (Å²) in [6.07, 6.45) is 1.90. The highest BCUT2D eigenvalue weighted by atomic mass is 16.5. The molecule has 0 saturated carbocycles. The molecule has 0 spiro atoms.